The Balaban J connectivity index is 4.06. The number of phosphoric ester groups is 1. The minimum atomic E-state index is -4.76. The molecule has 0 aromatic rings. The number of carboxylic acid groups (broad SMARTS) is 1. The van der Waals surface area contributed by atoms with Crippen molar-refractivity contribution in [3.8, 4) is 0 Å². The van der Waals surface area contributed by atoms with Crippen LogP contribution in [0.4, 0.5) is 0 Å². The van der Waals surface area contributed by atoms with Crippen molar-refractivity contribution in [2.75, 3.05) is 19.8 Å². The maximum atomic E-state index is 12.2. The fourth-order valence-electron chi connectivity index (χ4n) is 4.29. The first kappa shape index (κ1) is 46.2. The number of amides is 1. The number of ether oxygens (including phenoxy) is 1. The van der Waals surface area contributed by atoms with Crippen molar-refractivity contribution in [1.29, 1.82) is 0 Å². The summed E-state index contributed by atoms with van der Waals surface area (Å²) < 4.78 is 26.6. The van der Waals surface area contributed by atoms with Gasteiger partial charge in [0.2, 0.25) is 5.91 Å². The van der Waals surface area contributed by atoms with E-state index in [-0.39, 0.29) is 12.8 Å². The Morgan fingerprint density at radius 2 is 1.18 bits per heavy atom. The SMILES string of the molecule is CC/C=C\C/C=C\C/C=C\C/C=C\C/C=C\CCCC(=O)OCC(O)COP(=O)(O)OCC(NC(=O)CCCCCCCCCC)C(=O)O. The molecule has 0 bridgehead atoms. The van der Waals surface area contributed by atoms with E-state index >= 15 is 0 Å². The van der Waals surface area contributed by atoms with Gasteiger partial charge in [-0.15, -0.1) is 0 Å². The Labute approximate surface area is 294 Å². The third kappa shape index (κ3) is 32.2. The van der Waals surface area contributed by atoms with Crippen molar-refractivity contribution in [3.05, 3.63) is 60.8 Å². The second kappa shape index (κ2) is 32.4. The number of carbonyl (C=O) groups is 3. The van der Waals surface area contributed by atoms with E-state index in [1.807, 2.05) is 12.2 Å². The third-order valence-electron chi connectivity index (χ3n) is 7.07. The predicted molar refractivity (Wildman–Crippen MR) is 194 cm³/mol. The standard InChI is InChI=1S/C37H62NO10P/c1-3-5-7-9-11-13-14-15-16-17-18-19-20-21-23-25-27-29-36(41)46-30-33(39)31-47-49(44,45)48-32-34(37(42)43)38-35(40)28-26-24-22-12-10-8-6-4-2/h5,7,11,13,15-16,18-19,21,23,33-34,39H,3-4,6,8-10,12,14,17,20,22,24-32H2,1-2H3,(H,38,40)(H,42,43)(H,44,45)/b7-5-,13-11-,16-15-,19-18-,23-21-. The molecule has 0 aromatic carbocycles. The van der Waals surface area contributed by atoms with Crippen LogP contribution in [0.2, 0.25) is 0 Å². The molecule has 280 valence electrons. The van der Waals surface area contributed by atoms with Gasteiger partial charge < -0.3 is 25.2 Å². The van der Waals surface area contributed by atoms with Gasteiger partial charge in [-0.1, -0.05) is 120 Å². The molecule has 0 heterocycles. The van der Waals surface area contributed by atoms with Crippen LogP contribution in [0.1, 0.15) is 123 Å². The van der Waals surface area contributed by atoms with Crippen molar-refractivity contribution in [2.24, 2.45) is 0 Å². The van der Waals surface area contributed by atoms with E-state index in [9.17, 15) is 34.1 Å². The number of hydrogen-bond acceptors (Lipinski definition) is 8. The largest absolute Gasteiger partial charge is 0.480 e. The first-order valence-corrected chi connectivity index (χ1v) is 19.3. The number of aliphatic hydroxyl groups excluding tert-OH is 1. The van der Waals surface area contributed by atoms with E-state index in [1.54, 1.807) is 0 Å². The maximum Gasteiger partial charge on any atom is 0.472 e. The summed E-state index contributed by atoms with van der Waals surface area (Å²) in [5, 5.41) is 21.6. The van der Waals surface area contributed by atoms with Gasteiger partial charge in [-0.2, -0.15) is 0 Å². The van der Waals surface area contributed by atoms with Gasteiger partial charge in [-0.25, -0.2) is 9.36 Å². The van der Waals surface area contributed by atoms with E-state index in [1.165, 1.54) is 19.3 Å². The average Bonchev–Trinajstić information content (AvgIpc) is 3.07. The van der Waals surface area contributed by atoms with Crippen LogP contribution in [0, 0.1) is 0 Å². The molecule has 0 saturated heterocycles. The minimum absolute atomic E-state index is 0.139. The number of aliphatic carboxylic acids is 1. The number of nitrogens with one attached hydrogen (secondary N) is 1. The number of unbranched alkanes of at least 4 members (excludes halogenated alkanes) is 8. The van der Waals surface area contributed by atoms with Crippen LogP contribution in [0.5, 0.6) is 0 Å². The lowest BCUT2D eigenvalue weighted by Crippen LogP contribution is -2.43. The zero-order valence-electron chi connectivity index (χ0n) is 29.7. The van der Waals surface area contributed by atoms with Gasteiger partial charge in [-0.3, -0.25) is 18.6 Å². The Hall–Kier alpha value is -2.82. The quantitative estimate of drug-likeness (QED) is 0.0232. The molecule has 0 aromatic heterocycles. The summed E-state index contributed by atoms with van der Waals surface area (Å²) in [6.07, 6.45) is 34.3. The molecule has 0 aliphatic heterocycles. The van der Waals surface area contributed by atoms with Crippen molar-refractivity contribution in [2.45, 2.75) is 135 Å². The molecule has 0 spiro atoms. The highest BCUT2D eigenvalue weighted by molar-refractivity contribution is 7.47. The summed E-state index contributed by atoms with van der Waals surface area (Å²) in [7, 11) is -4.76. The fraction of sp³-hybridized carbons (Fsp3) is 0.649. The lowest BCUT2D eigenvalue weighted by atomic mass is 10.1. The maximum absolute atomic E-state index is 12.2. The molecule has 0 radical (unpaired) electrons. The summed E-state index contributed by atoms with van der Waals surface area (Å²) in [5.41, 5.74) is 0. The number of esters is 1. The Bertz CT molecular complexity index is 1070. The Kier molecular flexibility index (Phi) is 30.5. The molecule has 11 nitrogen and oxygen atoms in total. The van der Waals surface area contributed by atoms with Gasteiger partial charge in [0.05, 0.1) is 13.2 Å². The van der Waals surface area contributed by atoms with E-state index in [0.717, 1.165) is 57.8 Å². The Morgan fingerprint density at radius 3 is 1.73 bits per heavy atom. The van der Waals surface area contributed by atoms with Gasteiger partial charge in [0.25, 0.3) is 0 Å². The summed E-state index contributed by atoms with van der Waals surface area (Å²) in [6.45, 7) is 2.33. The molecular formula is C37H62NO10P. The molecule has 3 unspecified atom stereocenters. The van der Waals surface area contributed by atoms with Crippen molar-refractivity contribution >= 4 is 25.7 Å². The second-order valence-electron chi connectivity index (χ2n) is 11.7. The number of carboxylic acids is 1. The summed E-state index contributed by atoms with van der Waals surface area (Å²) >= 11 is 0. The van der Waals surface area contributed by atoms with Crippen LogP contribution in [-0.4, -0.2) is 64.9 Å². The monoisotopic (exact) mass is 711 g/mol. The highest BCUT2D eigenvalue weighted by Crippen LogP contribution is 2.43. The summed E-state index contributed by atoms with van der Waals surface area (Å²) in [5.74, 6) is -2.45. The van der Waals surface area contributed by atoms with E-state index in [2.05, 4.69) is 67.8 Å². The molecule has 3 atom stereocenters. The first-order valence-electron chi connectivity index (χ1n) is 17.8. The molecule has 0 rings (SSSR count). The summed E-state index contributed by atoms with van der Waals surface area (Å²) in [4.78, 5) is 45.4. The molecule has 12 heteroatoms. The van der Waals surface area contributed by atoms with Crippen LogP contribution >= 0.6 is 7.82 Å². The van der Waals surface area contributed by atoms with Gasteiger partial charge in [-0.05, 0) is 51.4 Å². The van der Waals surface area contributed by atoms with Crippen LogP contribution in [0.3, 0.4) is 0 Å². The van der Waals surface area contributed by atoms with Crippen LogP contribution < -0.4 is 5.32 Å². The topological polar surface area (TPSA) is 169 Å². The van der Waals surface area contributed by atoms with Crippen LogP contribution in [-0.2, 0) is 32.7 Å². The highest BCUT2D eigenvalue weighted by Gasteiger charge is 2.28. The van der Waals surface area contributed by atoms with Gasteiger partial charge in [0.15, 0.2) is 6.04 Å². The van der Waals surface area contributed by atoms with E-state index in [0.29, 0.717) is 19.3 Å². The average molecular weight is 712 g/mol. The van der Waals surface area contributed by atoms with Crippen LogP contribution in [0.25, 0.3) is 0 Å². The second-order valence-corrected chi connectivity index (χ2v) is 13.1. The molecule has 0 aliphatic rings. The number of phosphoric acid groups is 1. The molecular weight excluding hydrogens is 649 g/mol. The molecule has 49 heavy (non-hydrogen) atoms. The summed E-state index contributed by atoms with van der Waals surface area (Å²) in [6, 6.07) is -1.55. The molecule has 0 fully saturated rings. The molecule has 0 saturated carbocycles. The fourth-order valence-corrected chi connectivity index (χ4v) is 5.06. The minimum Gasteiger partial charge on any atom is -0.480 e. The lowest BCUT2D eigenvalue weighted by molar-refractivity contribution is -0.147. The molecule has 0 aliphatic carbocycles. The van der Waals surface area contributed by atoms with Crippen molar-refractivity contribution < 1.29 is 47.8 Å². The molecule has 4 N–H and O–H groups in total. The van der Waals surface area contributed by atoms with Crippen molar-refractivity contribution in [1.82, 2.24) is 5.32 Å². The normalized spacial score (nSPS) is 14.7. The lowest BCUT2D eigenvalue weighted by Gasteiger charge is -2.18. The van der Waals surface area contributed by atoms with Crippen molar-refractivity contribution in [3.63, 3.8) is 0 Å². The van der Waals surface area contributed by atoms with Gasteiger partial charge in [0, 0.05) is 12.8 Å². The van der Waals surface area contributed by atoms with E-state index < -0.39 is 57.6 Å². The number of hydrogen-bond donors (Lipinski definition) is 4. The number of carbonyl (C=O) groups excluding carboxylic acids is 2. The first-order chi connectivity index (χ1) is 23.6. The van der Waals surface area contributed by atoms with Gasteiger partial charge in [0.1, 0.15) is 12.7 Å². The zero-order valence-corrected chi connectivity index (χ0v) is 30.6. The number of allylic oxidation sites excluding steroid dienone is 10. The Morgan fingerprint density at radius 1 is 0.673 bits per heavy atom. The predicted octanol–water partition coefficient (Wildman–Crippen LogP) is 8.05. The third-order valence-corrected chi connectivity index (χ3v) is 8.02. The highest BCUT2D eigenvalue weighted by atomic mass is 31.2. The van der Waals surface area contributed by atoms with Gasteiger partial charge >= 0.3 is 19.8 Å². The molecule has 1 amide bonds. The number of aliphatic hydroxyl groups is 1. The van der Waals surface area contributed by atoms with E-state index in [4.69, 9.17) is 13.8 Å². The zero-order chi connectivity index (χ0) is 36.4. The smallest absolute Gasteiger partial charge is 0.472 e. The van der Waals surface area contributed by atoms with Crippen LogP contribution in [0.15, 0.2) is 60.8 Å². The number of rotatable bonds is 32.